The van der Waals surface area contributed by atoms with Crippen molar-refractivity contribution in [3.05, 3.63) is 65.7 Å². The molecule has 152 valence electrons. The van der Waals surface area contributed by atoms with Crippen molar-refractivity contribution in [2.24, 2.45) is 0 Å². The highest BCUT2D eigenvalue weighted by Gasteiger charge is 2.21. The molecule has 0 amide bonds. The van der Waals surface area contributed by atoms with E-state index in [1.807, 2.05) is 56.3 Å². The van der Waals surface area contributed by atoms with Gasteiger partial charge in [-0.3, -0.25) is 4.72 Å². The first-order valence-corrected chi connectivity index (χ1v) is 11.3. The van der Waals surface area contributed by atoms with Crippen LogP contribution in [0.4, 0.5) is 11.4 Å². The van der Waals surface area contributed by atoms with Gasteiger partial charge >= 0.3 is 10.2 Å². The summed E-state index contributed by atoms with van der Waals surface area (Å²) in [5.41, 5.74) is 9.98. The summed E-state index contributed by atoms with van der Waals surface area (Å²) in [7, 11) is -3.66. The summed E-state index contributed by atoms with van der Waals surface area (Å²) in [4.78, 5) is 0. The molecule has 0 aromatic heterocycles. The largest absolute Gasteiger partial charge is 0.397 e. The monoisotopic (exact) mass is 401 g/mol. The van der Waals surface area contributed by atoms with Crippen LogP contribution in [-0.2, 0) is 10.2 Å². The van der Waals surface area contributed by atoms with E-state index in [1.165, 1.54) is 4.31 Å². The van der Waals surface area contributed by atoms with Gasteiger partial charge in [0.2, 0.25) is 0 Å². The Hall–Kier alpha value is -2.31. The smallest absolute Gasteiger partial charge is 0.301 e. The van der Waals surface area contributed by atoms with E-state index in [0.717, 1.165) is 36.0 Å². The van der Waals surface area contributed by atoms with Gasteiger partial charge in [-0.25, -0.2) is 0 Å². The lowest BCUT2D eigenvalue weighted by molar-refractivity contribution is 0.413. The average molecular weight is 402 g/mol. The molecule has 0 spiro atoms. The Morgan fingerprint density at radius 2 is 1.64 bits per heavy atom. The molecule has 0 unspecified atom stereocenters. The molecule has 5 nitrogen and oxygen atoms in total. The number of nitrogens with zero attached hydrogens (tertiary/aromatic N) is 1. The van der Waals surface area contributed by atoms with Crippen molar-refractivity contribution < 1.29 is 8.42 Å². The number of allylic oxidation sites excluding steroid dienone is 1. The normalized spacial score (nSPS) is 12.4. The Kier molecular flexibility index (Phi) is 8.08. The maximum atomic E-state index is 12.9. The summed E-state index contributed by atoms with van der Waals surface area (Å²) in [6.45, 7) is 6.97. The number of nitrogen functional groups attached to an aromatic ring is 1. The molecule has 0 heterocycles. The Morgan fingerprint density at radius 1 is 1.00 bits per heavy atom. The molecule has 0 atom stereocenters. The standard InChI is InChI=1S/C22H31N3O2S/c1-4-10-20(18-11-8-7-9-12-18)19-13-14-21(23)22(17-19)24-28(26,27)25(15-5-2)16-6-3/h7-14,17,24H,4-6,15-16,23H2,1-3H3. The summed E-state index contributed by atoms with van der Waals surface area (Å²) in [5.74, 6) is 0. The second-order valence-electron chi connectivity index (χ2n) is 6.70. The molecule has 2 aromatic carbocycles. The lowest BCUT2D eigenvalue weighted by Gasteiger charge is -2.22. The minimum atomic E-state index is -3.66. The van der Waals surface area contributed by atoms with Crippen LogP contribution in [0, 0.1) is 0 Å². The van der Waals surface area contributed by atoms with Crippen LogP contribution in [0.2, 0.25) is 0 Å². The van der Waals surface area contributed by atoms with E-state index in [2.05, 4.69) is 17.7 Å². The van der Waals surface area contributed by atoms with E-state index in [-0.39, 0.29) is 0 Å². The highest BCUT2D eigenvalue weighted by molar-refractivity contribution is 7.90. The van der Waals surface area contributed by atoms with Crippen LogP contribution in [0.25, 0.3) is 5.57 Å². The van der Waals surface area contributed by atoms with Crippen molar-refractivity contribution >= 4 is 27.2 Å². The fourth-order valence-corrected chi connectivity index (χ4v) is 4.52. The fourth-order valence-electron chi connectivity index (χ4n) is 3.09. The van der Waals surface area contributed by atoms with Gasteiger partial charge in [-0.1, -0.05) is 63.2 Å². The van der Waals surface area contributed by atoms with E-state index in [1.54, 1.807) is 6.07 Å². The van der Waals surface area contributed by atoms with E-state index >= 15 is 0 Å². The molecule has 0 bridgehead atoms. The van der Waals surface area contributed by atoms with E-state index in [9.17, 15) is 8.42 Å². The Bertz CT molecular complexity index is 887. The van der Waals surface area contributed by atoms with Gasteiger partial charge in [-0.15, -0.1) is 0 Å². The number of nitrogens with one attached hydrogen (secondary N) is 1. The van der Waals surface area contributed by atoms with E-state index < -0.39 is 10.2 Å². The number of anilines is 2. The molecule has 28 heavy (non-hydrogen) atoms. The number of hydrogen-bond donors (Lipinski definition) is 2. The highest BCUT2D eigenvalue weighted by atomic mass is 32.2. The molecule has 3 N–H and O–H groups in total. The lowest BCUT2D eigenvalue weighted by Crippen LogP contribution is -2.37. The molecular weight excluding hydrogens is 370 g/mol. The molecular formula is C22H31N3O2S. The summed E-state index contributed by atoms with van der Waals surface area (Å²) in [5, 5.41) is 0. The summed E-state index contributed by atoms with van der Waals surface area (Å²) < 4.78 is 29.9. The Balaban J connectivity index is 2.41. The van der Waals surface area contributed by atoms with Gasteiger partial charge in [0.25, 0.3) is 0 Å². The van der Waals surface area contributed by atoms with Crippen LogP contribution in [-0.4, -0.2) is 25.8 Å². The van der Waals surface area contributed by atoms with Crippen molar-refractivity contribution in [1.29, 1.82) is 0 Å². The quantitative estimate of drug-likeness (QED) is 0.557. The molecule has 0 saturated heterocycles. The van der Waals surface area contributed by atoms with Crippen LogP contribution in [0.5, 0.6) is 0 Å². The van der Waals surface area contributed by atoms with Gasteiger partial charge < -0.3 is 5.73 Å². The number of benzene rings is 2. The van der Waals surface area contributed by atoms with Gasteiger partial charge in [0, 0.05) is 13.1 Å². The molecule has 0 radical (unpaired) electrons. The second kappa shape index (κ2) is 10.3. The van der Waals surface area contributed by atoms with Crippen LogP contribution in [0.3, 0.4) is 0 Å². The zero-order valence-electron chi connectivity index (χ0n) is 17.0. The summed E-state index contributed by atoms with van der Waals surface area (Å²) in [6.07, 6.45) is 4.53. The Morgan fingerprint density at radius 3 is 2.21 bits per heavy atom. The molecule has 0 aliphatic heterocycles. The van der Waals surface area contributed by atoms with Gasteiger partial charge in [0.05, 0.1) is 11.4 Å². The van der Waals surface area contributed by atoms with Crippen LogP contribution in [0.1, 0.15) is 51.2 Å². The first-order valence-electron chi connectivity index (χ1n) is 9.86. The lowest BCUT2D eigenvalue weighted by atomic mass is 9.96. The maximum Gasteiger partial charge on any atom is 0.301 e. The van der Waals surface area contributed by atoms with Crippen LogP contribution < -0.4 is 10.5 Å². The fraction of sp³-hybridized carbons (Fsp3) is 0.364. The summed E-state index contributed by atoms with van der Waals surface area (Å²) in [6, 6.07) is 15.6. The Labute approximate surface area is 169 Å². The molecule has 2 rings (SSSR count). The van der Waals surface area contributed by atoms with Crippen molar-refractivity contribution in [2.45, 2.75) is 40.0 Å². The minimum Gasteiger partial charge on any atom is -0.397 e. The van der Waals surface area contributed by atoms with Crippen molar-refractivity contribution in [3.8, 4) is 0 Å². The van der Waals surface area contributed by atoms with Crippen molar-refractivity contribution in [3.63, 3.8) is 0 Å². The van der Waals surface area contributed by atoms with Crippen LogP contribution >= 0.6 is 0 Å². The molecule has 0 aliphatic rings. The predicted molar refractivity (Wildman–Crippen MR) is 119 cm³/mol. The molecule has 2 aromatic rings. The van der Waals surface area contributed by atoms with Crippen molar-refractivity contribution in [2.75, 3.05) is 23.5 Å². The minimum absolute atomic E-state index is 0.407. The van der Waals surface area contributed by atoms with E-state index in [4.69, 9.17) is 5.73 Å². The van der Waals surface area contributed by atoms with Gasteiger partial charge in [0.15, 0.2) is 0 Å². The van der Waals surface area contributed by atoms with E-state index in [0.29, 0.717) is 24.5 Å². The third-order valence-corrected chi connectivity index (χ3v) is 5.91. The first kappa shape index (κ1) is 22.0. The molecule has 0 aliphatic carbocycles. The third-order valence-electron chi connectivity index (χ3n) is 4.38. The van der Waals surface area contributed by atoms with Gasteiger partial charge in [-0.05, 0) is 48.1 Å². The highest BCUT2D eigenvalue weighted by Crippen LogP contribution is 2.30. The predicted octanol–water partition coefficient (Wildman–Crippen LogP) is 4.89. The topological polar surface area (TPSA) is 75.4 Å². The maximum absolute atomic E-state index is 12.9. The average Bonchev–Trinajstić information content (AvgIpc) is 2.68. The SMILES string of the molecule is CCC=C(c1ccccc1)c1ccc(N)c(NS(=O)(=O)N(CCC)CCC)c1. The number of rotatable bonds is 10. The van der Waals surface area contributed by atoms with Gasteiger partial charge in [0.1, 0.15) is 0 Å². The third kappa shape index (κ3) is 5.59. The number of nitrogens with two attached hydrogens (primary N) is 1. The summed E-state index contributed by atoms with van der Waals surface area (Å²) >= 11 is 0. The van der Waals surface area contributed by atoms with Crippen LogP contribution in [0.15, 0.2) is 54.6 Å². The molecule has 6 heteroatoms. The first-order chi connectivity index (χ1) is 13.4. The second-order valence-corrected chi connectivity index (χ2v) is 8.37. The van der Waals surface area contributed by atoms with Gasteiger partial charge in [-0.2, -0.15) is 12.7 Å². The molecule has 0 fully saturated rings. The zero-order chi connectivity index (χ0) is 20.6. The molecule has 0 saturated carbocycles. The van der Waals surface area contributed by atoms with Crippen molar-refractivity contribution in [1.82, 2.24) is 4.31 Å². The zero-order valence-corrected chi connectivity index (χ0v) is 17.8. The number of hydrogen-bond acceptors (Lipinski definition) is 3.